The molecule has 2 nitrogen and oxygen atoms in total. The van der Waals surface area contributed by atoms with E-state index in [1.54, 1.807) is 0 Å². The molecule has 0 spiro atoms. The number of aryl methyl sites for hydroxylation is 2. The first-order valence-corrected chi connectivity index (χ1v) is 5.79. The van der Waals surface area contributed by atoms with Crippen molar-refractivity contribution in [1.82, 2.24) is 10.3 Å². The van der Waals surface area contributed by atoms with Gasteiger partial charge in [-0.3, -0.25) is 0 Å². The molecule has 0 atom stereocenters. The van der Waals surface area contributed by atoms with Gasteiger partial charge >= 0.3 is 0 Å². The Bertz CT molecular complexity index is 289. The highest BCUT2D eigenvalue weighted by Crippen LogP contribution is 2.21. The predicted molar refractivity (Wildman–Crippen MR) is 56.1 cm³/mol. The van der Waals surface area contributed by atoms with Crippen LogP contribution in [-0.4, -0.2) is 11.0 Å². The summed E-state index contributed by atoms with van der Waals surface area (Å²) in [5.74, 6) is 0. The van der Waals surface area contributed by atoms with E-state index in [-0.39, 0.29) is 0 Å². The summed E-state index contributed by atoms with van der Waals surface area (Å²) in [6, 6.07) is 0.786. The summed E-state index contributed by atoms with van der Waals surface area (Å²) in [6.45, 7) is 5.30. The topological polar surface area (TPSA) is 24.9 Å². The van der Waals surface area contributed by atoms with Crippen LogP contribution >= 0.6 is 11.3 Å². The van der Waals surface area contributed by atoms with E-state index in [2.05, 4.69) is 24.1 Å². The van der Waals surface area contributed by atoms with Gasteiger partial charge in [0.1, 0.15) is 5.01 Å². The largest absolute Gasteiger partial charge is 0.308 e. The first-order valence-electron chi connectivity index (χ1n) is 4.98. The average molecular weight is 196 g/mol. The highest BCUT2D eigenvalue weighted by atomic mass is 32.1. The molecule has 3 heteroatoms. The number of rotatable bonds is 4. The Labute approximate surface area is 83.4 Å². The van der Waals surface area contributed by atoms with Crippen molar-refractivity contribution < 1.29 is 0 Å². The van der Waals surface area contributed by atoms with Gasteiger partial charge in [0.25, 0.3) is 0 Å². The van der Waals surface area contributed by atoms with E-state index < -0.39 is 0 Å². The lowest BCUT2D eigenvalue weighted by atomic mass is 10.3. The van der Waals surface area contributed by atoms with Crippen LogP contribution in [0.25, 0.3) is 0 Å². The molecule has 1 aliphatic rings. The summed E-state index contributed by atoms with van der Waals surface area (Å²) >= 11 is 1.84. The van der Waals surface area contributed by atoms with Crippen LogP contribution in [0.4, 0.5) is 0 Å². The van der Waals surface area contributed by atoms with Crippen molar-refractivity contribution in [2.24, 2.45) is 0 Å². The van der Waals surface area contributed by atoms with E-state index in [0.29, 0.717) is 0 Å². The van der Waals surface area contributed by atoms with Crippen molar-refractivity contribution in [2.75, 3.05) is 0 Å². The van der Waals surface area contributed by atoms with Crippen molar-refractivity contribution in [1.29, 1.82) is 0 Å². The Morgan fingerprint density at radius 3 is 2.85 bits per heavy atom. The van der Waals surface area contributed by atoms with Crippen molar-refractivity contribution in [3.8, 4) is 0 Å². The summed E-state index contributed by atoms with van der Waals surface area (Å²) in [7, 11) is 0. The second-order valence-electron chi connectivity index (χ2n) is 3.62. The SMILES string of the molecule is CCc1nc(CNC2CC2)sc1C. The molecule has 1 aromatic rings. The van der Waals surface area contributed by atoms with Crippen molar-refractivity contribution in [3.05, 3.63) is 15.6 Å². The second kappa shape index (κ2) is 3.76. The number of nitrogens with one attached hydrogen (secondary N) is 1. The molecule has 0 radical (unpaired) electrons. The molecule has 0 unspecified atom stereocenters. The third-order valence-corrected chi connectivity index (χ3v) is 3.40. The van der Waals surface area contributed by atoms with Crippen LogP contribution in [-0.2, 0) is 13.0 Å². The van der Waals surface area contributed by atoms with Gasteiger partial charge in [0.05, 0.1) is 5.69 Å². The first kappa shape index (κ1) is 9.16. The van der Waals surface area contributed by atoms with Crippen LogP contribution in [0.1, 0.15) is 35.3 Å². The molecule has 1 heterocycles. The molecule has 72 valence electrons. The Morgan fingerprint density at radius 2 is 2.31 bits per heavy atom. The van der Waals surface area contributed by atoms with Crippen molar-refractivity contribution >= 4 is 11.3 Å². The van der Waals surface area contributed by atoms with E-state index in [0.717, 1.165) is 19.0 Å². The fourth-order valence-corrected chi connectivity index (χ4v) is 2.38. The smallest absolute Gasteiger partial charge is 0.107 e. The van der Waals surface area contributed by atoms with Gasteiger partial charge in [0.15, 0.2) is 0 Å². The quantitative estimate of drug-likeness (QED) is 0.799. The molecule has 1 saturated carbocycles. The fourth-order valence-electron chi connectivity index (χ4n) is 1.41. The molecule has 0 aromatic carbocycles. The molecule has 1 N–H and O–H groups in total. The summed E-state index contributed by atoms with van der Waals surface area (Å²) < 4.78 is 0. The Morgan fingerprint density at radius 1 is 1.54 bits per heavy atom. The maximum atomic E-state index is 4.58. The number of hydrogen-bond acceptors (Lipinski definition) is 3. The first-order chi connectivity index (χ1) is 6.29. The molecule has 0 bridgehead atoms. The molecular weight excluding hydrogens is 180 g/mol. The molecule has 13 heavy (non-hydrogen) atoms. The lowest BCUT2D eigenvalue weighted by Crippen LogP contribution is -2.14. The normalized spacial score (nSPS) is 16.5. The Hall–Kier alpha value is -0.410. The van der Waals surface area contributed by atoms with Gasteiger partial charge in [-0.05, 0) is 26.2 Å². The van der Waals surface area contributed by atoms with E-state index >= 15 is 0 Å². The second-order valence-corrected chi connectivity index (χ2v) is 4.91. The van der Waals surface area contributed by atoms with Crippen LogP contribution in [0.15, 0.2) is 0 Å². The maximum absolute atomic E-state index is 4.58. The summed E-state index contributed by atoms with van der Waals surface area (Å²) in [6.07, 6.45) is 3.77. The van der Waals surface area contributed by atoms with Gasteiger partial charge < -0.3 is 5.32 Å². The third kappa shape index (κ3) is 2.29. The van der Waals surface area contributed by atoms with E-state index in [1.807, 2.05) is 11.3 Å². The molecule has 1 fully saturated rings. The lowest BCUT2D eigenvalue weighted by Gasteiger charge is -1.96. The van der Waals surface area contributed by atoms with Gasteiger partial charge in [-0.2, -0.15) is 0 Å². The van der Waals surface area contributed by atoms with Crippen LogP contribution in [0.5, 0.6) is 0 Å². The zero-order valence-electron chi connectivity index (χ0n) is 8.26. The minimum atomic E-state index is 0.786. The minimum absolute atomic E-state index is 0.786. The van der Waals surface area contributed by atoms with Gasteiger partial charge in [-0.25, -0.2) is 4.98 Å². The number of hydrogen-bond donors (Lipinski definition) is 1. The third-order valence-electron chi connectivity index (χ3n) is 2.39. The summed E-state index contributed by atoms with van der Waals surface area (Å²) in [4.78, 5) is 5.97. The van der Waals surface area contributed by atoms with E-state index in [9.17, 15) is 0 Å². The van der Waals surface area contributed by atoms with Crippen molar-refractivity contribution in [2.45, 2.75) is 45.7 Å². The van der Waals surface area contributed by atoms with Crippen LogP contribution in [0.2, 0.25) is 0 Å². The summed E-state index contributed by atoms with van der Waals surface area (Å²) in [5, 5.41) is 4.74. The van der Waals surface area contributed by atoms with Crippen LogP contribution < -0.4 is 5.32 Å². The van der Waals surface area contributed by atoms with Gasteiger partial charge in [0, 0.05) is 17.5 Å². The monoisotopic (exact) mass is 196 g/mol. The van der Waals surface area contributed by atoms with Gasteiger partial charge in [0.2, 0.25) is 0 Å². The molecule has 2 rings (SSSR count). The average Bonchev–Trinajstić information content (AvgIpc) is 2.87. The Kier molecular flexibility index (Phi) is 2.65. The maximum Gasteiger partial charge on any atom is 0.107 e. The summed E-state index contributed by atoms with van der Waals surface area (Å²) in [5.41, 5.74) is 1.28. The van der Waals surface area contributed by atoms with Gasteiger partial charge in [-0.15, -0.1) is 11.3 Å². The van der Waals surface area contributed by atoms with Crippen LogP contribution in [0, 0.1) is 6.92 Å². The predicted octanol–water partition coefficient (Wildman–Crippen LogP) is 2.27. The van der Waals surface area contributed by atoms with Crippen molar-refractivity contribution in [3.63, 3.8) is 0 Å². The van der Waals surface area contributed by atoms with E-state index in [4.69, 9.17) is 0 Å². The van der Waals surface area contributed by atoms with Crippen LogP contribution in [0.3, 0.4) is 0 Å². The number of thiazole rings is 1. The molecule has 0 aliphatic heterocycles. The number of nitrogens with zero attached hydrogens (tertiary/aromatic N) is 1. The molecule has 1 aliphatic carbocycles. The molecule has 1 aromatic heterocycles. The fraction of sp³-hybridized carbons (Fsp3) is 0.700. The molecular formula is C10H16N2S. The van der Waals surface area contributed by atoms with E-state index in [1.165, 1.54) is 28.4 Å². The molecule has 0 amide bonds. The zero-order chi connectivity index (χ0) is 9.26. The highest BCUT2D eigenvalue weighted by Gasteiger charge is 2.20. The Balaban J connectivity index is 1.94. The van der Waals surface area contributed by atoms with Gasteiger partial charge in [-0.1, -0.05) is 6.92 Å². The molecule has 0 saturated heterocycles. The lowest BCUT2D eigenvalue weighted by molar-refractivity contribution is 0.682. The minimum Gasteiger partial charge on any atom is -0.308 e. The number of aromatic nitrogens is 1. The highest BCUT2D eigenvalue weighted by molar-refractivity contribution is 7.11. The standard InChI is InChI=1S/C10H16N2S/c1-3-9-7(2)13-10(12-9)6-11-8-4-5-8/h8,11H,3-6H2,1-2H3. The zero-order valence-corrected chi connectivity index (χ0v) is 9.08.